The van der Waals surface area contributed by atoms with Crippen LogP contribution in [0.2, 0.25) is 0 Å². The molecule has 1 N–H and O–H groups in total. The third-order valence-corrected chi connectivity index (χ3v) is 4.08. The lowest BCUT2D eigenvalue weighted by molar-refractivity contribution is -0.147. The summed E-state index contributed by atoms with van der Waals surface area (Å²) >= 11 is 0. The van der Waals surface area contributed by atoms with E-state index in [9.17, 15) is 4.79 Å². The van der Waals surface area contributed by atoms with Gasteiger partial charge >= 0.3 is 5.97 Å². The second-order valence-electron chi connectivity index (χ2n) is 6.43. The summed E-state index contributed by atoms with van der Waals surface area (Å²) in [5.74, 6) is -0.215. The first-order valence-corrected chi connectivity index (χ1v) is 7.58. The predicted molar refractivity (Wildman–Crippen MR) is 85.6 cm³/mol. The van der Waals surface area contributed by atoms with Gasteiger partial charge in [0.25, 0.3) is 0 Å². The molecule has 2 rings (SSSR count). The number of fused-ring (bicyclic) bond motifs is 1. The number of benzene rings is 1. The largest absolute Gasteiger partial charge is 0.468 e. The van der Waals surface area contributed by atoms with Crippen molar-refractivity contribution >= 4 is 11.7 Å². The molecule has 0 amide bonds. The van der Waals surface area contributed by atoms with Crippen molar-refractivity contribution in [2.24, 2.45) is 0 Å². The highest BCUT2D eigenvalue weighted by Gasteiger charge is 2.39. The summed E-state index contributed by atoms with van der Waals surface area (Å²) in [5, 5.41) is 3.37. The van der Waals surface area contributed by atoms with E-state index < -0.39 is 5.54 Å². The van der Waals surface area contributed by atoms with Crippen LogP contribution in [0.5, 0.6) is 0 Å². The zero-order valence-electron chi connectivity index (χ0n) is 13.6. The van der Waals surface area contributed by atoms with E-state index >= 15 is 0 Å². The Balaban J connectivity index is 2.26. The van der Waals surface area contributed by atoms with E-state index in [2.05, 4.69) is 41.4 Å². The van der Waals surface area contributed by atoms with Crippen LogP contribution in [0.4, 0.5) is 5.69 Å². The zero-order chi connectivity index (χ0) is 15.6. The molecule has 4 heteroatoms. The van der Waals surface area contributed by atoms with E-state index in [0.717, 1.165) is 6.42 Å². The maximum Gasteiger partial charge on any atom is 0.327 e. The average Bonchev–Trinajstić information content (AvgIpc) is 2.73. The van der Waals surface area contributed by atoms with Gasteiger partial charge in [-0.1, -0.05) is 18.2 Å². The molecule has 2 atom stereocenters. The molecule has 0 spiro atoms. The third-order valence-electron chi connectivity index (χ3n) is 4.08. The molecule has 4 nitrogen and oxygen atoms in total. The van der Waals surface area contributed by atoms with Crippen LogP contribution in [0.3, 0.4) is 0 Å². The first-order chi connectivity index (χ1) is 9.87. The van der Waals surface area contributed by atoms with Gasteiger partial charge in [-0.15, -0.1) is 0 Å². The van der Waals surface area contributed by atoms with Crippen molar-refractivity contribution in [1.29, 1.82) is 0 Å². The van der Waals surface area contributed by atoms with Crippen molar-refractivity contribution in [3.63, 3.8) is 0 Å². The average molecular weight is 290 g/mol. The SMILES string of the molecule is COC(=O)C(C)(CN1c2ccccc2CC1C)NC(C)C. The molecule has 0 radical (unpaired) electrons. The van der Waals surface area contributed by atoms with Crippen LogP contribution in [0.1, 0.15) is 33.3 Å². The number of hydrogen-bond acceptors (Lipinski definition) is 4. The fourth-order valence-electron chi connectivity index (χ4n) is 3.24. The van der Waals surface area contributed by atoms with Crippen LogP contribution in [-0.4, -0.2) is 37.2 Å². The second kappa shape index (κ2) is 6.06. The van der Waals surface area contributed by atoms with Crippen LogP contribution in [0.25, 0.3) is 0 Å². The molecule has 0 aromatic heterocycles. The smallest absolute Gasteiger partial charge is 0.327 e. The number of rotatable bonds is 5. The van der Waals surface area contributed by atoms with Crippen LogP contribution in [0, 0.1) is 0 Å². The quantitative estimate of drug-likeness (QED) is 0.845. The summed E-state index contributed by atoms with van der Waals surface area (Å²) in [5.41, 5.74) is 1.86. The molecule has 0 bridgehead atoms. The summed E-state index contributed by atoms with van der Waals surface area (Å²) in [6.45, 7) is 8.82. The second-order valence-corrected chi connectivity index (χ2v) is 6.43. The number of para-hydroxylation sites is 1. The molecule has 1 aliphatic heterocycles. The van der Waals surface area contributed by atoms with Gasteiger partial charge in [-0.25, -0.2) is 4.79 Å². The number of esters is 1. The minimum atomic E-state index is -0.714. The molecule has 2 unspecified atom stereocenters. The van der Waals surface area contributed by atoms with Gasteiger partial charge in [0.05, 0.1) is 7.11 Å². The van der Waals surface area contributed by atoms with E-state index in [-0.39, 0.29) is 12.0 Å². The molecule has 1 aromatic rings. The van der Waals surface area contributed by atoms with Crippen molar-refractivity contribution in [3.8, 4) is 0 Å². The number of carbonyl (C=O) groups is 1. The monoisotopic (exact) mass is 290 g/mol. The Kier molecular flexibility index (Phi) is 4.57. The van der Waals surface area contributed by atoms with Crippen LogP contribution < -0.4 is 10.2 Å². The Morgan fingerprint density at radius 3 is 2.76 bits per heavy atom. The van der Waals surface area contributed by atoms with Gasteiger partial charge in [-0.3, -0.25) is 5.32 Å². The highest BCUT2D eigenvalue weighted by atomic mass is 16.5. The highest BCUT2D eigenvalue weighted by molar-refractivity contribution is 5.81. The lowest BCUT2D eigenvalue weighted by atomic mass is 9.99. The van der Waals surface area contributed by atoms with Crippen molar-refractivity contribution in [1.82, 2.24) is 5.32 Å². The number of carbonyl (C=O) groups excluding carboxylic acids is 1. The first kappa shape index (κ1) is 15.8. The van der Waals surface area contributed by atoms with E-state index in [4.69, 9.17) is 4.74 Å². The van der Waals surface area contributed by atoms with Crippen LogP contribution in [0.15, 0.2) is 24.3 Å². The molecular formula is C17H26N2O2. The van der Waals surface area contributed by atoms with Crippen molar-refractivity contribution in [2.45, 2.75) is 51.7 Å². The Morgan fingerprint density at radius 2 is 2.14 bits per heavy atom. The van der Waals surface area contributed by atoms with Crippen molar-refractivity contribution in [2.75, 3.05) is 18.6 Å². The van der Waals surface area contributed by atoms with Crippen molar-refractivity contribution in [3.05, 3.63) is 29.8 Å². The molecule has 0 saturated heterocycles. The number of nitrogens with zero attached hydrogens (tertiary/aromatic N) is 1. The first-order valence-electron chi connectivity index (χ1n) is 7.58. The molecular weight excluding hydrogens is 264 g/mol. The fourth-order valence-corrected chi connectivity index (χ4v) is 3.24. The maximum absolute atomic E-state index is 12.3. The number of methoxy groups -OCH3 is 1. The molecule has 116 valence electrons. The minimum absolute atomic E-state index is 0.210. The highest BCUT2D eigenvalue weighted by Crippen LogP contribution is 2.33. The van der Waals surface area contributed by atoms with E-state index in [1.165, 1.54) is 18.4 Å². The topological polar surface area (TPSA) is 41.6 Å². The molecule has 21 heavy (non-hydrogen) atoms. The lowest BCUT2D eigenvalue weighted by Gasteiger charge is -2.37. The summed E-state index contributed by atoms with van der Waals surface area (Å²) in [4.78, 5) is 14.6. The Morgan fingerprint density at radius 1 is 1.48 bits per heavy atom. The summed E-state index contributed by atoms with van der Waals surface area (Å²) < 4.78 is 5.02. The maximum atomic E-state index is 12.3. The predicted octanol–water partition coefficient (Wildman–Crippen LogP) is 2.37. The molecule has 1 aliphatic rings. The van der Waals surface area contributed by atoms with E-state index in [0.29, 0.717) is 12.6 Å². The van der Waals surface area contributed by atoms with Crippen LogP contribution in [-0.2, 0) is 16.0 Å². The van der Waals surface area contributed by atoms with E-state index in [1.54, 1.807) is 0 Å². The normalized spacial score (nSPS) is 20.3. The Hall–Kier alpha value is -1.55. The standard InChI is InChI=1S/C17H26N2O2/c1-12(2)18-17(4,16(20)21-5)11-19-13(3)10-14-8-6-7-9-15(14)19/h6-9,12-13,18H,10-11H2,1-5H3. The van der Waals surface area contributed by atoms with Gasteiger partial charge in [-0.05, 0) is 45.7 Å². The molecule has 1 aromatic carbocycles. The number of hydrogen-bond donors (Lipinski definition) is 1. The van der Waals surface area contributed by atoms with Gasteiger partial charge in [0.2, 0.25) is 0 Å². The minimum Gasteiger partial charge on any atom is -0.468 e. The van der Waals surface area contributed by atoms with Gasteiger partial charge in [0.1, 0.15) is 5.54 Å². The van der Waals surface area contributed by atoms with Gasteiger partial charge in [0.15, 0.2) is 0 Å². The summed E-state index contributed by atoms with van der Waals surface area (Å²) in [6, 6.07) is 9.02. The summed E-state index contributed by atoms with van der Waals surface area (Å²) in [7, 11) is 1.45. The van der Waals surface area contributed by atoms with Crippen molar-refractivity contribution < 1.29 is 9.53 Å². The number of ether oxygens (including phenoxy) is 1. The molecule has 0 fully saturated rings. The van der Waals surface area contributed by atoms with Gasteiger partial charge in [0, 0.05) is 24.3 Å². The molecule has 1 heterocycles. The lowest BCUT2D eigenvalue weighted by Crippen LogP contribution is -2.60. The van der Waals surface area contributed by atoms with Gasteiger partial charge in [-0.2, -0.15) is 0 Å². The van der Waals surface area contributed by atoms with E-state index in [1.807, 2.05) is 20.8 Å². The Labute approximate surface area is 127 Å². The number of nitrogens with one attached hydrogen (secondary N) is 1. The van der Waals surface area contributed by atoms with Gasteiger partial charge < -0.3 is 9.64 Å². The Bertz CT molecular complexity index is 515. The number of anilines is 1. The fraction of sp³-hybridized carbons (Fsp3) is 0.588. The molecule has 0 saturated carbocycles. The zero-order valence-corrected chi connectivity index (χ0v) is 13.6. The summed E-state index contributed by atoms with van der Waals surface area (Å²) in [6.07, 6.45) is 1.02. The molecule has 0 aliphatic carbocycles. The van der Waals surface area contributed by atoms with Crippen LogP contribution >= 0.6 is 0 Å². The third kappa shape index (κ3) is 3.21.